The van der Waals surface area contributed by atoms with Gasteiger partial charge in [0.1, 0.15) is 0 Å². The van der Waals surface area contributed by atoms with E-state index in [1.807, 2.05) is 0 Å². The van der Waals surface area contributed by atoms with Crippen molar-refractivity contribution in [1.29, 1.82) is 0 Å². The van der Waals surface area contributed by atoms with Gasteiger partial charge in [-0.2, -0.15) is 4.31 Å². The number of fused-ring (bicyclic) bond motifs is 1. The van der Waals surface area contributed by atoms with E-state index in [1.54, 1.807) is 4.31 Å². The number of hydrogen-bond donors (Lipinski definition) is 1. The lowest BCUT2D eigenvalue weighted by molar-refractivity contribution is 0.125. The molecule has 1 N–H and O–H groups in total. The van der Waals surface area contributed by atoms with E-state index in [0.717, 1.165) is 25.9 Å². The number of nitrogens with one attached hydrogen (secondary N) is 1. The SMILES string of the molecule is CC1(C)C2CNCC2CN1S(=O)(=O)CC1CCCO1. The molecule has 0 amide bonds. The zero-order valence-corrected chi connectivity index (χ0v) is 12.6. The molecule has 0 spiro atoms. The molecule has 3 saturated heterocycles. The maximum absolute atomic E-state index is 12.7. The zero-order chi connectivity index (χ0) is 13.7. The lowest BCUT2D eigenvalue weighted by Crippen LogP contribution is -2.49. The van der Waals surface area contributed by atoms with Crippen LogP contribution in [0.3, 0.4) is 0 Å². The van der Waals surface area contributed by atoms with Crippen molar-refractivity contribution in [2.24, 2.45) is 11.8 Å². The summed E-state index contributed by atoms with van der Waals surface area (Å²) < 4.78 is 32.6. The Hall–Kier alpha value is -0.170. The van der Waals surface area contributed by atoms with E-state index in [-0.39, 0.29) is 17.4 Å². The first-order valence-electron chi connectivity index (χ1n) is 7.24. The monoisotopic (exact) mass is 288 g/mol. The van der Waals surface area contributed by atoms with Gasteiger partial charge >= 0.3 is 0 Å². The van der Waals surface area contributed by atoms with Crippen LogP contribution in [0.2, 0.25) is 0 Å². The predicted octanol–water partition coefficient (Wildman–Crippen LogP) is 0.425. The second-order valence-corrected chi connectivity index (χ2v) is 8.56. The highest BCUT2D eigenvalue weighted by molar-refractivity contribution is 7.89. The Morgan fingerprint density at radius 2 is 2.16 bits per heavy atom. The average Bonchev–Trinajstić information content (AvgIpc) is 2.97. The van der Waals surface area contributed by atoms with Crippen molar-refractivity contribution < 1.29 is 13.2 Å². The lowest BCUT2D eigenvalue weighted by Gasteiger charge is -2.35. The third kappa shape index (κ3) is 2.33. The molecule has 0 radical (unpaired) electrons. The van der Waals surface area contributed by atoms with Gasteiger partial charge in [0.25, 0.3) is 0 Å². The normalized spacial score (nSPS) is 38.7. The molecule has 3 heterocycles. The van der Waals surface area contributed by atoms with E-state index in [2.05, 4.69) is 19.2 Å². The third-order valence-corrected chi connectivity index (χ3v) is 7.13. The summed E-state index contributed by atoms with van der Waals surface area (Å²) in [6.45, 7) is 7.39. The predicted molar refractivity (Wildman–Crippen MR) is 73.4 cm³/mol. The van der Waals surface area contributed by atoms with Crippen LogP contribution in [0.5, 0.6) is 0 Å². The second kappa shape index (κ2) is 4.69. The standard InChI is InChI=1S/C13H24N2O3S/c1-13(2)12-7-14-6-10(12)8-15(13)19(16,17)9-11-4-3-5-18-11/h10-12,14H,3-9H2,1-2H3. The summed E-state index contributed by atoms with van der Waals surface area (Å²) in [6, 6.07) is 0. The minimum Gasteiger partial charge on any atom is -0.377 e. The van der Waals surface area contributed by atoms with Crippen LogP contribution in [0, 0.1) is 11.8 Å². The van der Waals surface area contributed by atoms with Gasteiger partial charge in [0.05, 0.1) is 11.9 Å². The fourth-order valence-electron chi connectivity index (χ4n) is 3.96. The topological polar surface area (TPSA) is 58.6 Å². The summed E-state index contributed by atoms with van der Waals surface area (Å²) in [4.78, 5) is 0. The molecule has 0 aliphatic carbocycles. The van der Waals surface area contributed by atoms with Crippen LogP contribution in [0.25, 0.3) is 0 Å². The molecule has 3 aliphatic heterocycles. The molecule has 5 nitrogen and oxygen atoms in total. The highest BCUT2D eigenvalue weighted by atomic mass is 32.2. The second-order valence-electron chi connectivity index (χ2n) is 6.62. The number of ether oxygens (including phenoxy) is 1. The molecule has 0 aromatic carbocycles. The number of hydrogen-bond acceptors (Lipinski definition) is 4. The Morgan fingerprint density at radius 1 is 1.37 bits per heavy atom. The first-order chi connectivity index (χ1) is 8.91. The van der Waals surface area contributed by atoms with Crippen LogP contribution in [0.15, 0.2) is 0 Å². The number of nitrogens with zero attached hydrogens (tertiary/aromatic N) is 1. The maximum Gasteiger partial charge on any atom is 0.217 e. The summed E-state index contributed by atoms with van der Waals surface area (Å²) >= 11 is 0. The molecule has 6 heteroatoms. The van der Waals surface area contributed by atoms with Crippen LogP contribution < -0.4 is 5.32 Å². The molecule has 3 fully saturated rings. The van der Waals surface area contributed by atoms with Crippen LogP contribution in [0.4, 0.5) is 0 Å². The molecular weight excluding hydrogens is 264 g/mol. The highest BCUT2D eigenvalue weighted by Gasteiger charge is 2.53. The Morgan fingerprint density at radius 3 is 2.79 bits per heavy atom. The first-order valence-corrected chi connectivity index (χ1v) is 8.85. The van der Waals surface area contributed by atoms with Crippen molar-refractivity contribution in [3.63, 3.8) is 0 Å². The van der Waals surface area contributed by atoms with Crippen molar-refractivity contribution in [3.8, 4) is 0 Å². The fraction of sp³-hybridized carbons (Fsp3) is 1.00. The third-order valence-electron chi connectivity index (χ3n) is 5.05. The lowest BCUT2D eigenvalue weighted by atomic mass is 9.85. The van der Waals surface area contributed by atoms with Gasteiger partial charge in [-0.15, -0.1) is 0 Å². The van der Waals surface area contributed by atoms with Crippen molar-refractivity contribution in [1.82, 2.24) is 9.62 Å². The van der Waals surface area contributed by atoms with Gasteiger partial charge in [-0.3, -0.25) is 0 Å². The Labute approximate surface area is 115 Å². The number of sulfonamides is 1. The molecule has 0 saturated carbocycles. The van der Waals surface area contributed by atoms with Gasteiger partial charge in [-0.05, 0) is 45.1 Å². The Kier molecular flexibility index (Phi) is 3.40. The molecule has 19 heavy (non-hydrogen) atoms. The smallest absolute Gasteiger partial charge is 0.217 e. The summed E-state index contributed by atoms with van der Waals surface area (Å²) in [5.41, 5.74) is -0.272. The Balaban J connectivity index is 1.77. The van der Waals surface area contributed by atoms with Gasteiger partial charge in [0.15, 0.2) is 0 Å². The van der Waals surface area contributed by atoms with Gasteiger partial charge in [0.2, 0.25) is 10.0 Å². The van der Waals surface area contributed by atoms with E-state index >= 15 is 0 Å². The Bertz CT molecular complexity index is 443. The molecule has 0 aromatic heterocycles. The molecule has 3 atom stereocenters. The molecule has 110 valence electrons. The van der Waals surface area contributed by atoms with Gasteiger partial charge in [-0.25, -0.2) is 8.42 Å². The van der Waals surface area contributed by atoms with Crippen molar-refractivity contribution in [2.75, 3.05) is 32.0 Å². The summed E-state index contributed by atoms with van der Waals surface area (Å²) in [5, 5.41) is 3.38. The number of rotatable bonds is 3. The summed E-state index contributed by atoms with van der Waals surface area (Å²) in [6.07, 6.45) is 1.76. The quantitative estimate of drug-likeness (QED) is 0.818. The first kappa shape index (κ1) is 13.8. The van der Waals surface area contributed by atoms with Gasteiger partial charge < -0.3 is 10.1 Å². The van der Waals surface area contributed by atoms with E-state index in [9.17, 15) is 8.42 Å². The molecule has 3 rings (SSSR count). The zero-order valence-electron chi connectivity index (χ0n) is 11.8. The molecule has 0 aromatic rings. The summed E-state index contributed by atoms with van der Waals surface area (Å²) in [7, 11) is -3.21. The van der Waals surface area contributed by atoms with Crippen LogP contribution in [-0.4, -0.2) is 56.4 Å². The minimum absolute atomic E-state index is 0.0978. The van der Waals surface area contributed by atoms with Crippen LogP contribution in [-0.2, 0) is 14.8 Å². The van der Waals surface area contributed by atoms with E-state index in [1.165, 1.54) is 0 Å². The van der Waals surface area contributed by atoms with E-state index in [4.69, 9.17) is 4.74 Å². The van der Waals surface area contributed by atoms with Gasteiger partial charge in [-0.1, -0.05) is 0 Å². The van der Waals surface area contributed by atoms with Crippen LogP contribution in [0.1, 0.15) is 26.7 Å². The fourth-order valence-corrected chi connectivity index (χ4v) is 6.14. The molecule has 3 aliphatic rings. The van der Waals surface area contributed by atoms with E-state index in [0.29, 0.717) is 25.0 Å². The van der Waals surface area contributed by atoms with Gasteiger partial charge in [0, 0.05) is 25.2 Å². The van der Waals surface area contributed by atoms with E-state index < -0.39 is 10.0 Å². The minimum atomic E-state index is -3.21. The molecule has 3 unspecified atom stereocenters. The van der Waals surface area contributed by atoms with Crippen molar-refractivity contribution in [3.05, 3.63) is 0 Å². The molecule has 0 bridgehead atoms. The average molecular weight is 288 g/mol. The maximum atomic E-state index is 12.7. The van der Waals surface area contributed by atoms with Crippen LogP contribution >= 0.6 is 0 Å². The van der Waals surface area contributed by atoms with Crippen molar-refractivity contribution >= 4 is 10.0 Å². The largest absolute Gasteiger partial charge is 0.377 e. The molecular formula is C13H24N2O3S. The highest BCUT2D eigenvalue weighted by Crippen LogP contribution is 2.42. The summed E-state index contributed by atoms with van der Waals surface area (Å²) in [5.74, 6) is 1.06. The van der Waals surface area contributed by atoms with Crippen molar-refractivity contribution in [2.45, 2.75) is 38.3 Å².